The summed E-state index contributed by atoms with van der Waals surface area (Å²) in [5, 5.41) is 10.2. The molecule has 1 N–H and O–H groups in total. The lowest BCUT2D eigenvalue weighted by Crippen LogP contribution is -1.73. The van der Waals surface area contributed by atoms with Crippen molar-refractivity contribution < 1.29 is 5.11 Å². The summed E-state index contributed by atoms with van der Waals surface area (Å²) in [7, 11) is 0. The highest BCUT2D eigenvalue weighted by atomic mass is 79.9. The molecule has 2 rings (SSSR count). The molecule has 2 aromatic rings. The first-order valence-corrected chi connectivity index (χ1v) is 5.61. The molecule has 1 heterocycles. The van der Waals surface area contributed by atoms with Crippen LogP contribution in [-0.4, -0.2) is 5.11 Å². The summed E-state index contributed by atoms with van der Waals surface area (Å²) in [5.74, 6) is 0. The number of aliphatic hydroxyl groups excluding tert-OH is 1. The van der Waals surface area contributed by atoms with Crippen LogP contribution < -0.4 is 0 Å². The molecule has 1 aromatic carbocycles. The largest absolute Gasteiger partial charge is 0.391 e. The van der Waals surface area contributed by atoms with E-state index in [4.69, 9.17) is 5.11 Å². The standard InChI is InChI=1S/C10H9BrOS/c1-6-2-7(11)3-10-9(6)4-8(5-12)13-10/h2-4,12H,5H2,1H3. The maximum absolute atomic E-state index is 9.00. The molecule has 0 aliphatic carbocycles. The van der Waals surface area contributed by atoms with E-state index in [1.54, 1.807) is 11.3 Å². The first-order valence-electron chi connectivity index (χ1n) is 4.00. The quantitative estimate of drug-likeness (QED) is 0.829. The molecule has 0 saturated carbocycles. The molecule has 0 radical (unpaired) electrons. The molecule has 0 bridgehead atoms. The smallest absolute Gasteiger partial charge is 0.0774 e. The monoisotopic (exact) mass is 256 g/mol. The molecule has 0 amide bonds. The van der Waals surface area contributed by atoms with Gasteiger partial charge in [-0.1, -0.05) is 15.9 Å². The van der Waals surface area contributed by atoms with Crippen LogP contribution in [0, 0.1) is 6.92 Å². The molecule has 0 aliphatic heterocycles. The Balaban J connectivity index is 2.75. The number of hydrogen-bond donors (Lipinski definition) is 1. The fourth-order valence-electron chi connectivity index (χ4n) is 1.40. The van der Waals surface area contributed by atoms with Crippen molar-refractivity contribution in [3.05, 3.63) is 33.1 Å². The van der Waals surface area contributed by atoms with Gasteiger partial charge in [0.25, 0.3) is 0 Å². The van der Waals surface area contributed by atoms with Crippen LogP contribution in [0.3, 0.4) is 0 Å². The third-order valence-electron chi connectivity index (χ3n) is 2.02. The van der Waals surface area contributed by atoms with Gasteiger partial charge in [0.1, 0.15) is 0 Å². The van der Waals surface area contributed by atoms with Crippen molar-refractivity contribution in [1.82, 2.24) is 0 Å². The second-order valence-electron chi connectivity index (χ2n) is 3.01. The predicted octanol–water partition coefficient (Wildman–Crippen LogP) is 3.46. The van der Waals surface area contributed by atoms with Gasteiger partial charge in [-0.2, -0.15) is 0 Å². The number of aryl methyl sites for hydroxylation is 1. The van der Waals surface area contributed by atoms with E-state index >= 15 is 0 Å². The van der Waals surface area contributed by atoms with Gasteiger partial charge in [-0.3, -0.25) is 0 Å². The van der Waals surface area contributed by atoms with Crippen LogP contribution in [0.25, 0.3) is 10.1 Å². The number of hydrogen-bond acceptors (Lipinski definition) is 2. The summed E-state index contributed by atoms with van der Waals surface area (Å²) < 4.78 is 2.33. The maximum atomic E-state index is 9.00. The maximum Gasteiger partial charge on any atom is 0.0774 e. The van der Waals surface area contributed by atoms with Crippen molar-refractivity contribution in [3.8, 4) is 0 Å². The highest BCUT2D eigenvalue weighted by molar-refractivity contribution is 9.10. The Labute approximate surface area is 89.1 Å². The SMILES string of the molecule is Cc1cc(Br)cc2sc(CO)cc12. The summed E-state index contributed by atoms with van der Waals surface area (Å²) >= 11 is 5.10. The summed E-state index contributed by atoms with van der Waals surface area (Å²) in [6, 6.07) is 6.24. The molecule has 1 nitrogen and oxygen atoms in total. The average Bonchev–Trinajstić information content (AvgIpc) is 2.47. The van der Waals surface area contributed by atoms with Crippen molar-refractivity contribution in [1.29, 1.82) is 0 Å². The first kappa shape index (κ1) is 9.19. The topological polar surface area (TPSA) is 20.2 Å². The molecule has 0 spiro atoms. The van der Waals surface area contributed by atoms with Gasteiger partial charge < -0.3 is 5.11 Å². The van der Waals surface area contributed by atoms with Crippen LogP contribution >= 0.6 is 27.3 Å². The molecular weight excluding hydrogens is 248 g/mol. The Morgan fingerprint density at radius 1 is 1.38 bits per heavy atom. The molecule has 13 heavy (non-hydrogen) atoms. The predicted molar refractivity (Wildman–Crippen MR) is 60.2 cm³/mol. The molecule has 1 aromatic heterocycles. The zero-order valence-corrected chi connectivity index (χ0v) is 9.58. The minimum absolute atomic E-state index is 0.135. The van der Waals surface area contributed by atoms with Gasteiger partial charge in [0, 0.05) is 14.0 Å². The van der Waals surface area contributed by atoms with Gasteiger partial charge in [0.2, 0.25) is 0 Å². The van der Waals surface area contributed by atoms with Crippen molar-refractivity contribution in [2.24, 2.45) is 0 Å². The molecule has 0 fully saturated rings. The van der Waals surface area contributed by atoms with E-state index in [-0.39, 0.29) is 6.61 Å². The van der Waals surface area contributed by atoms with E-state index in [2.05, 4.69) is 41.1 Å². The third-order valence-corrected chi connectivity index (χ3v) is 3.54. The van der Waals surface area contributed by atoms with Gasteiger partial charge in [-0.25, -0.2) is 0 Å². The summed E-state index contributed by atoms with van der Waals surface area (Å²) in [4.78, 5) is 1.02. The fraction of sp³-hybridized carbons (Fsp3) is 0.200. The number of fused-ring (bicyclic) bond motifs is 1. The summed E-state index contributed by atoms with van der Waals surface area (Å²) in [6.45, 7) is 2.22. The first-order chi connectivity index (χ1) is 6.20. The highest BCUT2D eigenvalue weighted by Crippen LogP contribution is 2.31. The second-order valence-corrected chi connectivity index (χ2v) is 5.09. The molecular formula is C10H9BrOS. The number of halogens is 1. The molecule has 3 heteroatoms. The average molecular weight is 257 g/mol. The van der Waals surface area contributed by atoms with E-state index in [1.165, 1.54) is 15.6 Å². The summed E-state index contributed by atoms with van der Waals surface area (Å²) in [6.07, 6.45) is 0. The summed E-state index contributed by atoms with van der Waals surface area (Å²) in [5.41, 5.74) is 1.25. The van der Waals surface area contributed by atoms with Crippen LogP contribution in [0.2, 0.25) is 0 Å². The van der Waals surface area contributed by atoms with Gasteiger partial charge in [-0.15, -0.1) is 11.3 Å². The van der Waals surface area contributed by atoms with E-state index in [1.807, 2.05) is 0 Å². The Kier molecular flexibility index (Phi) is 2.41. The molecule has 0 atom stereocenters. The van der Waals surface area contributed by atoms with Crippen molar-refractivity contribution in [2.75, 3.05) is 0 Å². The Morgan fingerprint density at radius 3 is 2.85 bits per heavy atom. The van der Waals surface area contributed by atoms with E-state index in [0.29, 0.717) is 0 Å². The van der Waals surface area contributed by atoms with Crippen LogP contribution in [-0.2, 0) is 6.61 Å². The van der Waals surface area contributed by atoms with Gasteiger partial charge >= 0.3 is 0 Å². The Hall–Kier alpha value is -0.380. The van der Waals surface area contributed by atoms with Crippen molar-refractivity contribution in [2.45, 2.75) is 13.5 Å². The van der Waals surface area contributed by atoms with Gasteiger partial charge in [-0.05, 0) is 36.1 Å². The van der Waals surface area contributed by atoms with Crippen LogP contribution in [0.15, 0.2) is 22.7 Å². The van der Waals surface area contributed by atoms with E-state index in [0.717, 1.165) is 9.35 Å². The Morgan fingerprint density at radius 2 is 2.15 bits per heavy atom. The van der Waals surface area contributed by atoms with Crippen LogP contribution in [0.4, 0.5) is 0 Å². The van der Waals surface area contributed by atoms with Crippen LogP contribution in [0.1, 0.15) is 10.4 Å². The molecule has 0 saturated heterocycles. The highest BCUT2D eigenvalue weighted by Gasteiger charge is 2.04. The lowest BCUT2D eigenvalue weighted by Gasteiger charge is -1.96. The number of aliphatic hydroxyl groups is 1. The zero-order valence-electron chi connectivity index (χ0n) is 7.17. The number of benzene rings is 1. The molecule has 68 valence electrons. The minimum atomic E-state index is 0.135. The third kappa shape index (κ3) is 1.64. The van der Waals surface area contributed by atoms with Gasteiger partial charge in [0.05, 0.1) is 6.61 Å². The van der Waals surface area contributed by atoms with E-state index in [9.17, 15) is 0 Å². The molecule has 0 aliphatic rings. The Bertz CT molecular complexity index is 447. The van der Waals surface area contributed by atoms with E-state index < -0.39 is 0 Å². The molecule has 0 unspecified atom stereocenters. The zero-order chi connectivity index (χ0) is 9.42. The van der Waals surface area contributed by atoms with Crippen molar-refractivity contribution in [3.63, 3.8) is 0 Å². The van der Waals surface area contributed by atoms with Gasteiger partial charge in [0.15, 0.2) is 0 Å². The normalized spacial score (nSPS) is 11.0. The number of thiophene rings is 1. The lowest BCUT2D eigenvalue weighted by atomic mass is 10.1. The van der Waals surface area contributed by atoms with Crippen LogP contribution in [0.5, 0.6) is 0 Å². The van der Waals surface area contributed by atoms with Crippen molar-refractivity contribution >= 4 is 37.4 Å². The fourth-order valence-corrected chi connectivity index (χ4v) is 3.17. The minimum Gasteiger partial charge on any atom is -0.391 e. The number of rotatable bonds is 1. The lowest BCUT2D eigenvalue weighted by molar-refractivity contribution is 0.285. The second kappa shape index (κ2) is 3.40.